The Kier molecular flexibility index (Phi) is 7.00. The topological polar surface area (TPSA) is 61.8 Å². The Morgan fingerprint density at radius 3 is 2.20 bits per heavy atom. The maximum atomic E-state index is 11.9. The Morgan fingerprint density at radius 1 is 0.800 bits per heavy atom. The molecule has 3 rings (SSSR count). The maximum absolute atomic E-state index is 11.9. The van der Waals surface area contributed by atoms with Gasteiger partial charge in [0.15, 0.2) is 0 Å². The van der Waals surface area contributed by atoms with E-state index in [0.29, 0.717) is 24.5 Å². The van der Waals surface area contributed by atoms with Crippen LogP contribution in [0.5, 0.6) is 11.5 Å². The van der Waals surface area contributed by atoms with Gasteiger partial charge in [-0.3, -0.25) is 4.79 Å². The summed E-state index contributed by atoms with van der Waals surface area (Å²) in [5, 5.41) is 1.97. The van der Waals surface area contributed by atoms with Gasteiger partial charge in [-0.25, -0.2) is 4.79 Å². The van der Waals surface area contributed by atoms with Gasteiger partial charge in [0.25, 0.3) is 0 Å². The second-order valence-electron chi connectivity index (χ2n) is 6.49. The van der Waals surface area contributed by atoms with Crippen molar-refractivity contribution in [1.29, 1.82) is 0 Å². The number of hydrogen-bond donors (Lipinski definition) is 0. The number of rotatable bonds is 9. The third kappa shape index (κ3) is 5.58. The van der Waals surface area contributed by atoms with E-state index in [1.54, 1.807) is 18.2 Å². The van der Waals surface area contributed by atoms with E-state index in [0.717, 1.165) is 28.0 Å². The number of ether oxygens (including phenoxy) is 3. The fourth-order valence-corrected chi connectivity index (χ4v) is 2.91. The molecule has 0 heterocycles. The highest BCUT2D eigenvalue weighted by Gasteiger charge is 2.07. The second-order valence-corrected chi connectivity index (χ2v) is 6.49. The molecule has 30 heavy (non-hydrogen) atoms. The van der Waals surface area contributed by atoms with E-state index in [9.17, 15) is 9.59 Å². The first-order valence-electron chi connectivity index (χ1n) is 9.51. The van der Waals surface area contributed by atoms with Gasteiger partial charge in [-0.05, 0) is 58.7 Å². The molecule has 0 saturated carbocycles. The van der Waals surface area contributed by atoms with Gasteiger partial charge in [0.05, 0.1) is 12.9 Å². The Hall–Kier alpha value is -3.86. The number of fused-ring (bicyclic) bond motifs is 1. The zero-order valence-corrected chi connectivity index (χ0v) is 16.5. The fraction of sp³-hybridized carbons (Fsp3) is 0.120. The third-order valence-electron chi connectivity index (χ3n) is 4.38. The van der Waals surface area contributed by atoms with Crippen LogP contribution in [0.25, 0.3) is 21.9 Å². The van der Waals surface area contributed by atoms with Crippen LogP contribution in [0.15, 0.2) is 86.2 Å². The molecule has 5 nitrogen and oxygen atoms in total. The molecule has 0 fully saturated rings. The summed E-state index contributed by atoms with van der Waals surface area (Å²) in [6, 6.07) is 18.8. The predicted octanol–water partition coefficient (Wildman–Crippen LogP) is 5.44. The van der Waals surface area contributed by atoms with E-state index in [-0.39, 0.29) is 12.4 Å². The van der Waals surface area contributed by atoms with Gasteiger partial charge in [0.1, 0.15) is 11.5 Å². The van der Waals surface area contributed by atoms with Crippen LogP contribution in [-0.2, 0) is 14.3 Å². The highest BCUT2D eigenvalue weighted by Crippen LogP contribution is 2.28. The van der Waals surface area contributed by atoms with E-state index in [1.807, 2.05) is 36.4 Å². The molecule has 0 atom stereocenters. The molecule has 0 unspecified atom stereocenters. The van der Waals surface area contributed by atoms with Crippen LogP contribution in [0.4, 0.5) is 0 Å². The zero-order valence-electron chi connectivity index (χ0n) is 16.5. The summed E-state index contributed by atoms with van der Waals surface area (Å²) in [6.45, 7) is 7.29. The Labute approximate surface area is 175 Å². The van der Waals surface area contributed by atoms with Gasteiger partial charge < -0.3 is 14.2 Å². The second kappa shape index (κ2) is 10.1. The first kappa shape index (κ1) is 20.9. The Balaban J connectivity index is 1.67. The van der Waals surface area contributed by atoms with E-state index in [2.05, 4.69) is 19.2 Å². The minimum atomic E-state index is -0.489. The van der Waals surface area contributed by atoms with Gasteiger partial charge in [0.2, 0.25) is 0 Å². The third-order valence-corrected chi connectivity index (χ3v) is 4.38. The van der Waals surface area contributed by atoms with Crippen molar-refractivity contribution in [3.8, 4) is 22.6 Å². The summed E-state index contributed by atoms with van der Waals surface area (Å²) in [4.78, 5) is 23.2. The lowest BCUT2D eigenvalue weighted by Crippen LogP contribution is -2.08. The van der Waals surface area contributed by atoms with Crippen molar-refractivity contribution in [2.24, 2.45) is 0 Å². The monoisotopic (exact) mass is 402 g/mol. The quantitative estimate of drug-likeness (QED) is 0.157. The van der Waals surface area contributed by atoms with Crippen LogP contribution in [0.1, 0.15) is 12.8 Å². The molecular formula is C25H22O5. The summed E-state index contributed by atoms with van der Waals surface area (Å²) in [5.74, 6) is 0.191. The molecule has 0 aliphatic heterocycles. The highest BCUT2D eigenvalue weighted by molar-refractivity contribution is 5.90. The minimum Gasteiger partial charge on any atom is -0.502 e. The maximum Gasteiger partial charge on any atom is 0.335 e. The van der Waals surface area contributed by atoms with E-state index in [1.165, 1.54) is 6.26 Å². The smallest absolute Gasteiger partial charge is 0.335 e. The van der Waals surface area contributed by atoms with E-state index < -0.39 is 5.97 Å². The molecule has 3 aromatic rings. The Bertz CT molecular complexity index is 1070. The van der Waals surface area contributed by atoms with Crippen molar-refractivity contribution >= 4 is 22.7 Å². The van der Waals surface area contributed by atoms with Crippen molar-refractivity contribution in [2.45, 2.75) is 12.8 Å². The molecule has 0 aromatic heterocycles. The lowest BCUT2D eigenvalue weighted by Gasteiger charge is -2.08. The average molecular weight is 402 g/mol. The van der Waals surface area contributed by atoms with Crippen molar-refractivity contribution in [2.75, 3.05) is 6.61 Å². The molecule has 0 radical (unpaired) electrons. The number of esters is 2. The molecule has 3 aromatic carbocycles. The molecule has 0 spiro atoms. The van der Waals surface area contributed by atoms with Gasteiger partial charge >= 0.3 is 11.9 Å². The number of benzene rings is 3. The first-order valence-corrected chi connectivity index (χ1v) is 9.51. The van der Waals surface area contributed by atoms with Crippen molar-refractivity contribution < 1.29 is 23.8 Å². The Morgan fingerprint density at radius 2 is 1.47 bits per heavy atom. The fourth-order valence-electron chi connectivity index (χ4n) is 2.91. The molecule has 0 bridgehead atoms. The summed E-state index contributed by atoms with van der Waals surface area (Å²) in [5.41, 5.74) is 2.02. The molecule has 0 aliphatic carbocycles. The summed E-state index contributed by atoms with van der Waals surface area (Å²) in [7, 11) is 0. The van der Waals surface area contributed by atoms with Crippen LogP contribution < -0.4 is 9.47 Å². The SMILES string of the molecule is C=COCCCC(=O)Oc1ccc(-c2ccc3cc(OC(=O)C=C)ccc3c2)cc1. The van der Waals surface area contributed by atoms with Gasteiger partial charge in [-0.15, -0.1) is 0 Å². The molecule has 0 saturated heterocycles. The lowest BCUT2D eigenvalue weighted by molar-refractivity contribution is -0.134. The van der Waals surface area contributed by atoms with Crippen LogP contribution in [0, 0.1) is 0 Å². The van der Waals surface area contributed by atoms with Crippen LogP contribution in [0.3, 0.4) is 0 Å². The molecule has 0 N–H and O–H groups in total. The van der Waals surface area contributed by atoms with Crippen LogP contribution in [0.2, 0.25) is 0 Å². The molecular weight excluding hydrogens is 380 g/mol. The predicted molar refractivity (Wildman–Crippen MR) is 116 cm³/mol. The normalized spacial score (nSPS) is 10.3. The molecule has 5 heteroatoms. The lowest BCUT2D eigenvalue weighted by atomic mass is 10.0. The number of carbonyl (C=O) groups excluding carboxylic acids is 2. The standard InChI is InChI=1S/C25H22O5/c1-3-24(26)30-23-14-11-20-16-19(7-8-21(20)17-23)18-9-12-22(13-10-18)29-25(27)6-5-15-28-4-2/h3-4,7-14,16-17H,1-2,5-6,15H2. The van der Waals surface area contributed by atoms with Gasteiger partial charge in [-0.2, -0.15) is 0 Å². The number of carbonyl (C=O) groups is 2. The largest absolute Gasteiger partial charge is 0.502 e. The zero-order chi connectivity index (χ0) is 21.3. The van der Waals surface area contributed by atoms with Crippen molar-refractivity contribution in [1.82, 2.24) is 0 Å². The van der Waals surface area contributed by atoms with E-state index >= 15 is 0 Å². The highest BCUT2D eigenvalue weighted by atomic mass is 16.5. The minimum absolute atomic E-state index is 0.282. The van der Waals surface area contributed by atoms with Crippen molar-refractivity contribution in [3.63, 3.8) is 0 Å². The molecule has 0 aliphatic rings. The first-order chi connectivity index (χ1) is 14.6. The number of hydrogen-bond acceptors (Lipinski definition) is 5. The van der Waals surface area contributed by atoms with Gasteiger partial charge in [-0.1, -0.05) is 43.5 Å². The molecule has 152 valence electrons. The average Bonchev–Trinajstić information content (AvgIpc) is 2.77. The summed E-state index contributed by atoms with van der Waals surface area (Å²) in [6.07, 6.45) is 3.35. The van der Waals surface area contributed by atoms with Crippen LogP contribution in [-0.4, -0.2) is 18.5 Å². The summed E-state index contributed by atoms with van der Waals surface area (Å²) >= 11 is 0. The van der Waals surface area contributed by atoms with Gasteiger partial charge in [0, 0.05) is 12.5 Å². The van der Waals surface area contributed by atoms with Crippen LogP contribution >= 0.6 is 0 Å². The summed E-state index contributed by atoms with van der Waals surface area (Å²) < 4.78 is 15.5. The van der Waals surface area contributed by atoms with Crippen molar-refractivity contribution in [3.05, 3.63) is 86.2 Å². The van der Waals surface area contributed by atoms with E-state index in [4.69, 9.17) is 14.2 Å². The molecule has 0 amide bonds.